The van der Waals surface area contributed by atoms with Crippen molar-refractivity contribution in [3.05, 3.63) is 101 Å². The molecule has 6 heteroatoms. The first-order valence-electron chi connectivity index (χ1n) is 9.64. The highest BCUT2D eigenvalue weighted by atomic mass is 32.1. The number of benzene rings is 2. The van der Waals surface area contributed by atoms with Gasteiger partial charge in [0.2, 0.25) is 5.91 Å². The number of carbonyl (C=O) groups is 1. The summed E-state index contributed by atoms with van der Waals surface area (Å²) in [6.45, 7) is 0.956. The first-order valence-corrected chi connectivity index (χ1v) is 10.5. The largest absolute Gasteiger partial charge is 0.489 e. The predicted octanol–water partition coefficient (Wildman–Crippen LogP) is 4.64. The van der Waals surface area contributed by atoms with Gasteiger partial charge in [-0.05, 0) is 35.4 Å². The molecule has 0 aliphatic carbocycles. The number of rotatable bonds is 8. The number of nitrogens with one attached hydrogen (secondary N) is 1. The minimum absolute atomic E-state index is 0.0662. The molecule has 4 aromatic rings. The molecule has 30 heavy (non-hydrogen) atoms. The zero-order valence-electron chi connectivity index (χ0n) is 16.3. The summed E-state index contributed by atoms with van der Waals surface area (Å²) in [6, 6.07) is 23.5. The van der Waals surface area contributed by atoms with Crippen molar-refractivity contribution in [1.29, 1.82) is 0 Å². The Morgan fingerprint density at radius 2 is 1.80 bits per heavy atom. The van der Waals surface area contributed by atoms with E-state index in [1.807, 2.05) is 78.2 Å². The highest BCUT2D eigenvalue weighted by Crippen LogP contribution is 2.21. The van der Waals surface area contributed by atoms with Gasteiger partial charge in [0.25, 0.3) is 0 Å². The molecule has 1 N–H and O–H groups in total. The molecular formula is C24H21N3O2S. The molecule has 150 valence electrons. The second-order valence-corrected chi connectivity index (χ2v) is 7.59. The zero-order valence-corrected chi connectivity index (χ0v) is 17.1. The number of pyridine rings is 1. The van der Waals surface area contributed by atoms with Crippen LogP contribution in [0.5, 0.6) is 5.75 Å². The van der Waals surface area contributed by atoms with Crippen molar-refractivity contribution in [2.24, 2.45) is 0 Å². The quantitative estimate of drug-likeness (QED) is 0.455. The van der Waals surface area contributed by atoms with Gasteiger partial charge >= 0.3 is 0 Å². The number of hydrogen-bond donors (Lipinski definition) is 1. The van der Waals surface area contributed by atoms with Crippen molar-refractivity contribution in [3.8, 4) is 16.5 Å². The highest BCUT2D eigenvalue weighted by Gasteiger charge is 2.10. The molecule has 5 nitrogen and oxygen atoms in total. The van der Waals surface area contributed by atoms with E-state index < -0.39 is 0 Å². The summed E-state index contributed by atoms with van der Waals surface area (Å²) in [7, 11) is 0. The van der Waals surface area contributed by atoms with Crippen molar-refractivity contribution >= 4 is 17.2 Å². The molecule has 0 unspecified atom stereocenters. The van der Waals surface area contributed by atoms with E-state index in [2.05, 4.69) is 15.3 Å². The third-order valence-electron chi connectivity index (χ3n) is 4.41. The highest BCUT2D eigenvalue weighted by molar-refractivity contribution is 7.13. The summed E-state index contributed by atoms with van der Waals surface area (Å²) in [4.78, 5) is 21.1. The van der Waals surface area contributed by atoms with Crippen LogP contribution in [0, 0.1) is 0 Å². The van der Waals surface area contributed by atoms with Gasteiger partial charge in [-0.1, -0.05) is 48.5 Å². The SMILES string of the molecule is O=C(Cc1csc(-c2ccccn2)n1)NCc1cccc(OCc2ccccc2)c1. The average Bonchev–Trinajstić information content (AvgIpc) is 3.26. The Morgan fingerprint density at radius 3 is 2.63 bits per heavy atom. The van der Waals surface area contributed by atoms with E-state index in [1.165, 1.54) is 11.3 Å². The maximum absolute atomic E-state index is 12.3. The van der Waals surface area contributed by atoms with Crippen molar-refractivity contribution in [2.75, 3.05) is 0 Å². The number of thiazole rings is 1. The van der Waals surface area contributed by atoms with Crippen molar-refractivity contribution in [3.63, 3.8) is 0 Å². The van der Waals surface area contributed by atoms with Crippen LogP contribution >= 0.6 is 11.3 Å². The smallest absolute Gasteiger partial charge is 0.226 e. The van der Waals surface area contributed by atoms with Crippen LogP contribution in [0.1, 0.15) is 16.8 Å². The van der Waals surface area contributed by atoms with E-state index in [4.69, 9.17) is 4.74 Å². The molecule has 0 aliphatic heterocycles. The summed E-state index contributed by atoms with van der Waals surface area (Å²) in [6.07, 6.45) is 1.98. The van der Waals surface area contributed by atoms with Crippen LogP contribution in [-0.2, 0) is 24.4 Å². The molecule has 0 atom stereocenters. The van der Waals surface area contributed by atoms with Gasteiger partial charge in [-0.15, -0.1) is 11.3 Å². The van der Waals surface area contributed by atoms with Crippen LogP contribution in [0.15, 0.2) is 84.4 Å². The van der Waals surface area contributed by atoms with Gasteiger partial charge in [0, 0.05) is 18.1 Å². The molecule has 0 radical (unpaired) electrons. The normalized spacial score (nSPS) is 10.5. The third kappa shape index (κ3) is 5.52. The maximum atomic E-state index is 12.3. The molecule has 0 saturated carbocycles. The van der Waals surface area contributed by atoms with Gasteiger partial charge in [-0.2, -0.15) is 0 Å². The molecule has 0 aliphatic rings. The summed E-state index contributed by atoms with van der Waals surface area (Å²) < 4.78 is 5.85. The van der Waals surface area contributed by atoms with Gasteiger partial charge in [-0.25, -0.2) is 4.98 Å². The summed E-state index contributed by atoms with van der Waals surface area (Å²) in [5.41, 5.74) is 3.67. The molecule has 0 saturated heterocycles. The molecule has 2 heterocycles. The van der Waals surface area contributed by atoms with Crippen LogP contribution in [-0.4, -0.2) is 15.9 Å². The number of hydrogen-bond acceptors (Lipinski definition) is 5. The Balaban J connectivity index is 1.28. The third-order valence-corrected chi connectivity index (χ3v) is 5.33. The Kier molecular flexibility index (Phi) is 6.47. The monoisotopic (exact) mass is 415 g/mol. The predicted molar refractivity (Wildman–Crippen MR) is 118 cm³/mol. The molecular weight excluding hydrogens is 394 g/mol. The first-order chi connectivity index (χ1) is 14.8. The second-order valence-electron chi connectivity index (χ2n) is 6.73. The van der Waals surface area contributed by atoms with Gasteiger partial charge < -0.3 is 10.1 Å². The van der Waals surface area contributed by atoms with Gasteiger partial charge in [-0.3, -0.25) is 9.78 Å². The molecule has 0 fully saturated rings. The van der Waals surface area contributed by atoms with E-state index in [1.54, 1.807) is 6.20 Å². The number of carbonyl (C=O) groups excluding carboxylic acids is 1. The summed E-state index contributed by atoms with van der Waals surface area (Å²) in [5.74, 6) is 0.716. The van der Waals surface area contributed by atoms with Gasteiger partial charge in [0.1, 0.15) is 17.4 Å². The fourth-order valence-electron chi connectivity index (χ4n) is 2.91. The topological polar surface area (TPSA) is 64.1 Å². The molecule has 2 aromatic carbocycles. The maximum Gasteiger partial charge on any atom is 0.226 e. The second kappa shape index (κ2) is 9.80. The van der Waals surface area contributed by atoms with Gasteiger partial charge in [0.15, 0.2) is 0 Å². The van der Waals surface area contributed by atoms with Crippen LogP contribution in [0.4, 0.5) is 0 Å². The Hall–Kier alpha value is -3.51. The van der Waals surface area contributed by atoms with Crippen LogP contribution in [0.2, 0.25) is 0 Å². The Bertz CT molecular complexity index is 1100. The number of nitrogens with zero attached hydrogens (tertiary/aromatic N) is 2. The lowest BCUT2D eigenvalue weighted by molar-refractivity contribution is -0.120. The van der Waals surface area contributed by atoms with Crippen molar-refractivity contribution in [2.45, 2.75) is 19.6 Å². The standard InChI is InChI=1S/C24H21N3O2S/c28-23(14-20-17-30-24(27-20)22-11-4-5-12-25-22)26-15-19-9-6-10-21(13-19)29-16-18-7-2-1-3-8-18/h1-13,17H,14-16H2,(H,26,28). The Morgan fingerprint density at radius 1 is 0.967 bits per heavy atom. The molecule has 0 spiro atoms. The lowest BCUT2D eigenvalue weighted by Crippen LogP contribution is -2.24. The molecule has 1 amide bonds. The van der Waals surface area contributed by atoms with Gasteiger partial charge in [0.05, 0.1) is 17.8 Å². The van der Waals surface area contributed by atoms with Crippen LogP contribution in [0.3, 0.4) is 0 Å². The minimum atomic E-state index is -0.0662. The van der Waals surface area contributed by atoms with E-state index in [-0.39, 0.29) is 12.3 Å². The fourth-order valence-corrected chi connectivity index (χ4v) is 3.70. The van der Waals surface area contributed by atoms with E-state index in [0.717, 1.165) is 33.3 Å². The Labute approximate surface area is 179 Å². The molecule has 4 rings (SSSR count). The number of aromatic nitrogens is 2. The van der Waals surface area contributed by atoms with E-state index >= 15 is 0 Å². The minimum Gasteiger partial charge on any atom is -0.489 e. The van der Waals surface area contributed by atoms with E-state index in [9.17, 15) is 4.79 Å². The number of amides is 1. The summed E-state index contributed by atoms with van der Waals surface area (Å²) >= 11 is 1.49. The number of ether oxygens (including phenoxy) is 1. The van der Waals surface area contributed by atoms with Crippen molar-refractivity contribution in [1.82, 2.24) is 15.3 Å². The van der Waals surface area contributed by atoms with Crippen LogP contribution < -0.4 is 10.1 Å². The summed E-state index contributed by atoms with van der Waals surface area (Å²) in [5, 5.41) is 5.68. The lowest BCUT2D eigenvalue weighted by Gasteiger charge is -2.09. The first kappa shape index (κ1) is 19.8. The average molecular weight is 416 g/mol. The molecule has 2 aromatic heterocycles. The van der Waals surface area contributed by atoms with Crippen molar-refractivity contribution < 1.29 is 9.53 Å². The lowest BCUT2D eigenvalue weighted by atomic mass is 10.2. The molecule has 0 bridgehead atoms. The van der Waals surface area contributed by atoms with E-state index in [0.29, 0.717) is 13.2 Å². The fraction of sp³-hybridized carbons (Fsp3) is 0.125. The zero-order chi connectivity index (χ0) is 20.6. The van der Waals surface area contributed by atoms with Crippen LogP contribution in [0.25, 0.3) is 10.7 Å².